The third-order valence-corrected chi connectivity index (χ3v) is 5.53. The maximum absolute atomic E-state index is 14.5. The van der Waals surface area contributed by atoms with E-state index < -0.39 is 11.6 Å². The highest BCUT2D eigenvalue weighted by Crippen LogP contribution is 2.34. The predicted molar refractivity (Wildman–Crippen MR) is 136 cm³/mol. The third-order valence-electron chi connectivity index (χ3n) is 5.53. The molecule has 0 fully saturated rings. The fourth-order valence-corrected chi connectivity index (χ4v) is 3.74. The number of benzene rings is 2. The number of para-hydroxylation sites is 1. The van der Waals surface area contributed by atoms with Gasteiger partial charge in [0.25, 0.3) is 0 Å². The number of pyridine rings is 2. The van der Waals surface area contributed by atoms with Gasteiger partial charge in [-0.05, 0) is 48.5 Å². The van der Waals surface area contributed by atoms with Crippen molar-refractivity contribution in [3.63, 3.8) is 0 Å². The summed E-state index contributed by atoms with van der Waals surface area (Å²) in [5.41, 5.74) is 1.22. The summed E-state index contributed by atoms with van der Waals surface area (Å²) >= 11 is 0. The predicted octanol–water partition coefficient (Wildman–Crippen LogP) is 6.77. The van der Waals surface area contributed by atoms with Crippen LogP contribution in [0, 0.1) is 11.6 Å². The summed E-state index contributed by atoms with van der Waals surface area (Å²) in [5.74, 6) is 1.12. The maximum Gasteiger partial charge on any atom is 0.157 e. The standard InChI is InChI=1S/C28H24F2N6/c1-28(2,3)27-31-18-35(34-27)24-12-8-14-26(33-24)36(20-9-5-4-6-10-20)25-13-7-11-23(32-25)21-16-15-19(29)17-22(21)30/h4-18H,1-3H3. The number of anilines is 3. The van der Waals surface area contributed by atoms with Crippen molar-refractivity contribution in [1.29, 1.82) is 0 Å². The van der Waals surface area contributed by atoms with Gasteiger partial charge in [0.05, 0.1) is 5.69 Å². The Morgan fingerprint density at radius 1 is 0.778 bits per heavy atom. The van der Waals surface area contributed by atoms with E-state index in [1.54, 1.807) is 23.1 Å². The Hall–Kier alpha value is -4.46. The van der Waals surface area contributed by atoms with Crippen LogP contribution in [0.4, 0.5) is 26.1 Å². The van der Waals surface area contributed by atoms with Gasteiger partial charge >= 0.3 is 0 Å². The minimum absolute atomic E-state index is 0.196. The second kappa shape index (κ2) is 9.30. The van der Waals surface area contributed by atoms with Crippen LogP contribution in [0.1, 0.15) is 26.6 Å². The van der Waals surface area contributed by atoms with Crippen LogP contribution in [0.25, 0.3) is 17.1 Å². The molecule has 0 bridgehead atoms. The lowest BCUT2D eigenvalue weighted by atomic mass is 9.96. The molecule has 6 nitrogen and oxygen atoms in total. The summed E-state index contributed by atoms with van der Waals surface area (Å²) in [6.45, 7) is 6.16. The zero-order chi connectivity index (χ0) is 25.3. The number of hydrogen-bond acceptors (Lipinski definition) is 5. The zero-order valence-corrected chi connectivity index (χ0v) is 20.1. The average Bonchev–Trinajstić information content (AvgIpc) is 3.37. The van der Waals surface area contributed by atoms with E-state index in [-0.39, 0.29) is 11.0 Å². The van der Waals surface area contributed by atoms with Crippen molar-refractivity contribution in [3.8, 4) is 17.1 Å². The Morgan fingerprint density at radius 3 is 2.19 bits per heavy atom. The van der Waals surface area contributed by atoms with Gasteiger partial charge in [0.15, 0.2) is 11.6 Å². The summed E-state index contributed by atoms with van der Waals surface area (Å²) in [5, 5.41) is 4.60. The van der Waals surface area contributed by atoms with E-state index in [0.29, 0.717) is 29.0 Å². The Morgan fingerprint density at radius 2 is 1.50 bits per heavy atom. The monoisotopic (exact) mass is 482 g/mol. The molecule has 0 spiro atoms. The number of halogens is 2. The maximum atomic E-state index is 14.5. The molecule has 8 heteroatoms. The van der Waals surface area contributed by atoms with Crippen LogP contribution in [0.3, 0.4) is 0 Å². The first-order chi connectivity index (χ1) is 17.3. The first-order valence-corrected chi connectivity index (χ1v) is 11.5. The van der Waals surface area contributed by atoms with Crippen molar-refractivity contribution in [2.45, 2.75) is 26.2 Å². The number of hydrogen-bond donors (Lipinski definition) is 0. The summed E-state index contributed by atoms with van der Waals surface area (Å²) in [7, 11) is 0. The first-order valence-electron chi connectivity index (χ1n) is 11.5. The van der Waals surface area contributed by atoms with Crippen LogP contribution in [0.2, 0.25) is 0 Å². The van der Waals surface area contributed by atoms with Crippen molar-refractivity contribution in [2.24, 2.45) is 0 Å². The van der Waals surface area contributed by atoms with E-state index in [2.05, 4.69) is 30.9 Å². The molecule has 0 atom stereocenters. The largest absolute Gasteiger partial charge is 0.279 e. The fourth-order valence-electron chi connectivity index (χ4n) is 3.74. The van der Waals surface area contributed by atoms with Gasteiger partial charge in [-0.3, -0.25) is 4.90 Å². The zero-order valence-electron chi connectivity index (χ0n) is 20.1. The summed E-state index contributed by atoms with van der Waals surface area (Å²) in [6.07, 6.45) is 1.65. The minimum atomic E-state index is -0.674. The lowest BCUT2D eigenvalue weighted by Gasteiger charge is -2.24. The SMILES string of the molecule is CC(C)(C)c1ncn(-c2cccc(N(c3ccccc3)c3cccc(-c4ccc(F)cc4F)n3)n2)n1. The van der Waals surface area contributed by atoms with Crippen LogP contribution in [0.15, 0.2) is 91.3 Å². The summed E-state index contributed by atoms with van der Waals surface area (Å²) in [6, 6.07) is 24.0. The van der Waals surface area contributed by atoms with E-state index in [4.69, 9.17) is 9.97 Å². The van der Waals surface area contributed by atoms with Crippen LogP contribution in [-0.4, -0.2) is 24.7 Å². The Kier molecular flexibility index (Phi) is 6.01. The van der Waals surface area contributed by atoms with E-state index in [9.17, 15) is 8.78 Å². The highest BCUT2D eigenvalue weighted by atomic mass is 19.1. The van der Waals surface area contributed by atoms with Gasteiger partial charge in [0.1, 0.15) is 29.6 Å². The van der Waals surface area contributed by atoms with Gasteiger partial charge in [0, 0.05) is 22.7 Å². The highest BCUT2D eigenvalue weighted by molar-refractivity contribution is 5.74. The van der Waals surface area contributed by atoms with Gasteiger partial charge in [-0.15, -0.1) is 5.10 Å². The van der Waals surface area contributed by atoms with Crippen molar-refractivity contribution in [1.82, 2.24) is 24.7 Å². The van der Waals surface area contributed by atoms with E-state index in [1.165, 1.54) is 12.1 Å². The molecule has 0 N–H and O–H groups in total. The fraction of sp³-hybridized carbons (Fsp3) is 0.143. The quantitative estimate of drug-likeness (QED) is 0.277. The minimum Gasteiger partial charge on any atom is -0.279 e. The summed E-state index contributed by atoms with van der Waals surface area (Å²) < 4.78 is 29.6. The molecule has 2 aromatic carbocycles. The van der Waals surface area contributed by atoms with Crippen LogP contribution in [0.5, 0.6) is 0 Å². The molecule has 0 saturated carbocycles. The van der Waals surface area contributed by atoms with Crippen molar-refractivity contribution in [3.05, 3.63) is 109 Å². The molecular weight excluding hydrogens is 458 g/mol. The molecule has 0 aliphatic carbocycles. The Balaban J connectivity index is 1.61. The highest BCUT2D eigenvalue weighted by Gasteiger charge is 2.21. The van der Waals surface area contributed by atoms with Crippen LogP contribution in [-0.2, 0) is 5.41 Å². The van der Waals surface area contributed by atoms with Crippen molar-refractivity contribution in [2.75, 3.05) is 4.90 Å². The molecule has 0 saturated heterocycles. The molecule has 0 radical (unpaired) electrons. The molecule has 0 aliphatic rings. The summed E-state index contributed by atoms with van der Waals surface area (Å²) in [4.78, 5) is 15.9. The van der Waals surface area contributed by atoms with Crippen LogP contribution < -0.4 is 4.90 Å². The third kappa shape index (κ3) is 4.70. The lowest BCUT2D eigenvalue weighted by molar-refractivity contribution is 0.543. The van der Waals surface area contributed by atoms with E-state index in [0.717, 1.165) is 11.8 Å². The Labute approximate surface area is 207 Å². The van der Waals surface area contributed by atoms with Gasteiger partial charge in [-0.25, -0.2) is 28.4 Å². The normalized spacial score (nSPS) is 11.5. The second-order valence-electron chi connectivity index (χ2n) is 9.29. The molecule has 0 amide bonds. The molecule has 3 heterocycles. The number of rotatable bonds is 5. The topological polar surface area (TPSA) is 59.7 Å². The molecule has 36 heavy (non-hydrogen) atoms. The molecule has 5 aromatic rings. The molecule has 180 valence electrons. The molecule has 0 unspecified atom stereocenters. The molecule has 5 rings (SSSR count). The number of aromatic nitrogens is 5. The van der Waals surface area contributed by atoms with E-state index in [1.807, 2.05) is 59.5 Å². The van der Waals surface area contributed by atoms with Gasteiger partial charge in [-0.2, -0.15) is 0 Å². The lowest BCUT2D eigenvalue weighted by Crippen LogP contribution is -2.15. The second-order valence-corrected chi connectivity index (χ2v) is 9.29. The van der Waals surface area contributed by atoms with Crippen molar-refractivity contribution < 1.29 is 8.78 Å². The first kappa shape index (κ1) is 23.3. The molecule has 3 aromatic heterocycles. The van der Waals surface area contributed by atoms with Gasteiger partial charge < -0.3 is 0 Å². The Bertz CT molecular complexity index is 1510. The van der Waals surface area contributed by atoms with E-state index >= 15 is 0 Å². The molecule has 0 aliphatic heterocycles. The van der Waals surface area contributed by atoms with Gasteiger partial charge in [0.2, 0.25) is 0 Å². The average molecular weight is 483 g/mol. The number of nitrogens with zero attached hydrogens (tertiary/aromatic N) is 6. The van der Waals surface area contributed by atoms with Gasteiger partial charge in [-0.1, -0.05) is 51.1 Å². The smallest absolute Gasteiger partial charge is 0.157 e. The van der Waals surface area contributed by atoms with Crippen molar-refractivity contribution >= 4 is 17.3 Å². The molecular formula is C28H24F2N6. The van der Waals surface area contributed by atoms with Crippen LogP contribution >= 0.6 is 0 Å².